The number of hydrogen-bond donors (Lipinski definition) is 2. The largest absolute Gasteiger partial charge is 0.384 e. The molecule has 56 valence electrons. The van der Waals surface area contributed by atoms with Crippen LogP contribution in [0.4, 0.5) is 0 Å². The predicted octanol–water partition coefficient (Wildman–Crippen LogP) is 0.710. The fourth-order valence-corrected chi connectivity index (χ4v) is 2.34. The van der Waals surface area contributed by atoms with Crippen LogP contribution in [-0.2, 0) is 4.74 Å². The number of thiol groups is 1. The van der Waals surface area contributed by atoms with Gasteiger partial charge in [0.1, 0.15) is 5.82 Å². The van der Waals surface area contributed by atoms with Crippen LogP contribution in [0.3, 0.4) is 0 Å². The molecule has 0 spiro atoms. The van der Waals surface area contributed by atoms with Crippen molar-refractivity contribution in [3.63, 3.8) is 0 Å². The third-order valence-corrected chi connectivity index (χ3v) is 3.15. The summed E-state index contributed by atoms with van der Waals surface area (Å²) < 4.78 is 6.90. The number of thioether (sulfide) groups is 1. The summed E-state index contributed by atoms with van der Waals surface area (Å²) in [5.41, 5.74) is 5.94. The first-order valence-electron chi connectivity index (χ1n) is 2.97. The molecule has 0 aromatic rings. The van der Waals surface area contributed by atoms with Crippen molar-refractivity contribution in [2.75, 3.05) is 0 Å². The first-order valence-corrected chi connectivity index (χ1v) is 4.24. The first kappa shape index (κ1) is 6.69. The van der Waals surface area contributed by atoms with Crippen molar-refractivity contribution >= 4 is 24.6 Å². The van der Waals surface area contributed by atoms with Gasteiger partial charge in [-0.1, -0.05) is 24.6 Å². The Hall–Kier alpha value is -0.0000000000000000555. The van der Waals surface area contributed by atoms with Crippen molar-refractivity contribution in [2.24, 2.45) is 5.73 Å². The Morgan fingerprint density at radius 2 is 2.50 bits per heavy atom. The number of nitrogens with two attached hydrogens (primary N) is 1. The van der Waals surface area contributed by atoms with E-state index in [9.17, 15) is 0 Å². The molecule has 0 amide bonds. The van der Waals surface area contributed by atoms with Gasteiger partial charge in [0, 0.05) is 4.91 Å². The molecule has 1 saturated heterocycles. The third-order valence-electron chi connectivity index (χ3n) is 1.57. The molecule has 0 aliphatic carbocycles. The molecule has 0 bridgehead atoms. The monoisotopic (exact) mass is 176 g/mol. The SMILES string of the molecule is CC1=C(N)N(S)C2OC2S1. The van der Waals surface area contributed by atoms with E-state index < -0.39 is 0 Å². The van der Waals surface area contributed by atoms with E-state index in [1.54, 1.807) is 16.1 Å². The van der Waals surface area contributed by atoms with Gasteiger partial charge in [-0.15, -0.1) is 0 Å². The summed E-state index contributed by atoms with van der Waals surface area (Å²) in [5, 5.41) is 0. The summed E-state index contributed by atoms with van der Waals surface area (Å²) in [5.74, 6) is 0.715. The highest BCUT2D eigenvalue weighted by molar-refractivity contribution is 8.03. The summed E-state index contributed by atoms with van der Waals surface area (Å²) in [6.07, 6.45) is 0.108. The fraction of sp³-hybridized carbons (Fsp3) is 0.600. The number of rotatable bonds is 0. The quantitative estimate of drug-likeness (QED) is 0.421. The van der Waals surface area contributed by atoms with Crippen LogP contribution in [0.1, 0.15) is 6.92 Å². The maximum absolute atomic E-state index is 5.67. The van der Waals surface area contributed by atoms with Crippen molar-refractivity contribution in [3.8, 4) is 0 Å². The van der Waals surface area contributed by atoms with Crippen molar-refractivity contribution < 1.29 is 4.74 Å². The summed E-state index contributed by atoms with van der Waals surface area (Å²) in [6, 6.07) is 0. The lowest BCUT2D eigenvalue weighted by Gasteiger charge is -2.20. The maximum Gasteiger partial charge on any atom is 0.178 e. The number of epoxide rings is 1. The Kier molecular flexibility index (Phi) is 1.33. The zero-order valence-corrected chi connectivity index (χ0v) is 7.15. The molecule has 3 nitrogen and oxygen atoms in total. The topological polar surface area (TPSA) is 41.8 Å². The minimum Gasteiger partial charge on any atom is -0.384 e. The highest BCUT2D eigenvalue weighted by Gasteiger charge is 2.48. The highest BCUT2D eigenvalue weighted by Crippen LogP contribution is 2.46. The molecule has 10 heavy (non-hydrogen) atoms. The number of nitrogens with zero attached hydrogens (tertiary/aromatic N) is 1. The highest BCUT2D eigenvalue weighted by atomic mass is 32.2. The molecule has 0 radical (unpaired) electrons. The average Bonchev–Trinajstić information content (AvgIpc) is 2.62. The van der Waals surface area contributed by atoms with Gasteiger partial charge in [0.05, 0.1) is 0 Å². The molecule has 0 aromatic carbocycles. The van der Waals surface area contributed by atoms with Crippen LogP contribution in [0, 0.1) is 0 Å². The van der Waals surface area contributed by atoms with Gasteiger partial charge in [0.2, 0.25) is 0 Å². The number of ether oxygens (including phenoxy) is 1. The first-order chi connectivity index (χ1) is 4.70. The van der Waals surface area contributed by atoms with Gasteiger partial charge < -0.3 is 10.5 Å². The normalized spacial score (nSPS) is 38.0. The molecule has 5 heteroatoms. The summed E-state index contributed by atoms with van der Waals surface area (Å²) in [4.78, 5) is 1.09. The van der Waals surface area contributed by atoms with Gasteiger partial charge in [-0.3, -0.25) is 4.31 Å². The van der Waals surface area contributed by atoms with Gasteiger partial charge in [-0.2, -0.15) is 0 Å². The fourth-order valence-electron chi connectivity index (χ4n) is 0.884. The molecule has 0 saturated carbocycles. The van der Waals surface area contributed by atoms with E-state index in [1.165, 1.54) is 0 Å². The minimum atomic E-state index is 0.108. The van der Waals surface area contributed by atoms with Crippen molar-refractivity contribution in [1.29, 1.82) is 0 Å². The number of hydrogen-bond acceptors (Lipinski definition) is 5. The Bertz CT molecular complexity index is 206. The van der Waals surface area contributed by atoms with E-state index in [-0.39, 0.29) is 11.7 Å². The second-order valence-electron chi connectivity index (χ2n) is 2.30. The maximum atomic E-state index is 5.67. The van der Waals surface area contributed by atoms with Gasteiger partial charge in [0.25, 0.3) is 0 Å². The Morgan fingerprint density at radius 1 is 1.80 bits per heavy atom. The predicted molar refractivity (Wildman–Crippen MR) is 44.0 cm³/mol. The van der Waals surface area contributed by atoms with E-state index in [4.69, 9.17) is 10.5 Å². The third kappa shape index (κ3) is 0.810. The van der Waals surface area contributed by atoms with E-state index in [2.05, 4.69) is 12.8 Å². The van der Waals surface area contributed by atoms with Gasteiger partial charge >= 0.3 is 0 Å². The smallest absolute Gasteiger partial charge is 0.178 e. The van der Waals surface area contributed by atoms with E-state index in [0.29, 0.717) is 5.82 Å². The summed E-state index contributed by atoms with van der Waals surface area (Å²) >= 11 is 5.83. The molecular weight excluding hydrogens is 168 g/mol. The van der Waals surface area contributed by atoms with Gasteiger partial charge in [0.15, 0.2) is 11.7 Å². The molecule has 2 heterocycles. The lowest BCUT2D eigenvalue weighted by atomic mass is 10.5. The zero-order valence-electron chi connectivity index (χ0n) is 5.44. The Labute approximate surface area is 69.1 Å². The lowest BCUT2D eigenvalue weighted by Crippen LogP contribution is -2.26. The van der Waals surface area contributed by atoms with Crippen LogP contribution in [0.5, 0.6) is 0 Å². The van der Waals surface area contributed by atoms with Crippen LogP contribution >= 0.6 is 24.6 Å². The summed E-state index contributed by atoms with van der Waals surface area (Å²) in [6.45, 7) is 1.97. The van der Waals surface area contributed by atoms with Crippen LogP contribution < -0.4 is 5.73 Å². The van der Waals surface area contributed by atoms with E-state index >= 15 is 0 Å². The van der Waals surface area contributed by atoms with E-state index in [0.717, 1.165) is 4.91 Å². The van der Waals surface area contributed by atoms with Gasteiger partial charge in [-0.25, -0.2) is 0 Å². The molecule has 2 aliphatic rings. The van der Waals surface area contributed by atoms with Crippen LogP contribution in [0.25, 0.3) is 0 Å². The molecule has 2 N–H and O–H groups in total. The minimum absolute atomic E-state index is 0.108. The molecular formula is C5H8N2OS2. The standard InChI is InChI=1S/C5H8N2OS2/c1-2-3(6)7(9)4-5(8-4)10-2/h4-5,9H,6H2,1H3. The zero-order chi connectivity index (χ0) is 7.30. The average molecular weight is 176 g/mol. The molecule has 1 fully saturated rings. The number of fused-ring (bicyclic) bond motifs is 1. The summed E-state index contributed by atoms with van der Waals surface area (Å²) in [7, 11) is 0. The molecule has 2 aliphatic heterocycles. The van der Waals surface area contributed by atoms with Gasteiger partial charge in [-0.05, 0) is 6.92 Å². The molecule has 2 atom stereocenters. The molecule has 0 aromatic heterocycles. The number of allylic oxidation sites excluding steroid dienone is 1. The van der Waals surface area contributed by atoms with Crippen LogP contribution in [-0.4, -0.2) is 16.0 Å². The molecule has 2 unspecified atom stereocenters. The Balaban J connectivity index is 2.25. The lowest BCUT2D eigenvalue weighted by molar-refractivity contribution is 0.319. The Morgan fingerprint density at radius 3 is 3.20 bits per heavy atom. The van der Waals surface area contributed by atoms with Crippen molar-refractivity contribution in [1.82, 2.24) is 4.31 Å². The van der Waals surface area contributed by atoms with Crippen LogP contribution in [0.2, 0.25) is 0 Å². The second kappa shape index (κ2) is 1.99. The van der Waals surface area contributed by atoms with Crippen molar-refractivity contribution in [2.45, 2.75) is 18.6 Å². The van der Waals surface area contributed by atoms with E-state index in [1.807, 2.05) is 6.92 Å². The second-order valence-corrected chi connectivity index (χ2v) is 4.04. The van der Waals surface area contributed by atoms with Crippen LogP contribution in [0.15, 0.2) is 10.7 Å². The van der Waals surface area contributed by atoms with Crippen molar-refractivity contribution in [3.05, 3.63) is 10.7 Å². The molecule has 2 rings (SSSR count).